The zero-order chi connectivity index (χ0) is 10.8. The molecule has 2 nitrogen and oxygen atoms in total. The number of aryl methyl sites for hydroxylation is 1. The Bertz CT molecular complexity index is 355. The van der Waals surface area contributed by atoms with Gasteiger partial charge >= 0.3 is 0 Å². The highest BCUT2D eigenvalue weighted by Crippen LogP contribution is 2.29. The Morgan fingerprint density at radius 1 is 1.33 bits per heavy atom. The molecule has 1 heterocycles. The van der Waals surface area contributed by atoms with E-state index in [0.717, 1.165) is 6.42 Å². The molecule has 1 aliphatic heterocycles. The van der Waals surface area contributed by atoms with Gasteiger partial charge in [0.1, 0.15) is 0 Å². The standard InChI is InChI=1S/C13H17NO/c1-3-12-11(8-13(15)14-12)10-6-4-9(2)5-7-10/h4-7,11-12H,3,8H2,1-2H3,(H,14,15). The molecule has 0 spiro atoms. The predicted octanol–water partition coefficient (Wildman–Crippen LogP) is 2.38. The average Bonchev–Trinajstić information content (AvgIpc) is 2.61. The van der Waals surface area contributed by atoms with Gasteiger partial charge in [-0.2, -0.15) is 0 Å². The molecule has 0 radical (unpaired) electrons. The Labute approximate surface area is 90.7 Å². The number of carbonyl (C=O) groups excluding carboxylic acids is 1. The van der Waals surface area contributed by atoms with Crippen molar-refractivity contribution in [3.63, 3.8) is 0 Å². The fourth-order valence-corrected chi connectivity index (χ4v) is 2.26. The number of rotatable bonds is 2. The van der Waals surface area contributed by atoms with Crippen LogP contribution in [0.2, 0.25) is 0 Å². The van der Waals surface area contributed by atoms with Crippen LogP contribution in [0.3, 0.4) is 0 Å². The van der Waals surface area contributed by atoms with E-state index in [9.17, 15) is 4.79 Å². The Morgan fingerprint density at radius 3 is 2.60 bits per heavy atom. The third-order valence-corrected chi connectivity index (χ3v) is 3.18. The van der Waals surface area contributed by atoms with Gasteiger partial charge in [-0.1, -0.05) is 36.8 Å². The molecule has 2 atom stereocenters. The monoisotopic (exact) mass is 203 g/mol. The summed E-state index contributed by atoms with van der Waals surface area (Å²) in [6, 6.07) is 8.84. The Hall–Kier alpha value is -1.31. The summed E-state index contributed by atoms with van der Waals surface area (Å²) in [7, 11) is 0. The maximum Gasteiger partial charge on any atom is 0.220 e. The highest BCUT2D eigenvalue weighted by atomic mass is 16.2. The van der Waals surface area contributed by atoms with Crippen molar-refractivity contribution in [2.24, 2.45) is 0 Å². The van der Waals surface area contributed by atoms with Crippen molar-refractivity contribution < 1.29 is 4.79 Å². The quantitative estimate of drug-likeness (QED) is 0.785. The zero-order valence-electron chi connectivity index (χ0n) is 9.29. The summed E-state index contributed by atoms with van der Waals surface area (Å²) in [4.78, 5) is 11.4. The lowest BCUT2D eigenvalue weighted by Gasteiger charge is -2.17. The van der Waals surface area contributed by atoms with Crippen LogP contribution in [0.25, 0.3) is 0 Å². The molecular formula is C13H17NO. The molecule has 2 rings (SSSR count). The van der Waals surface area contributed by atoms with Crippen LogP contribution >= 0.6 is 0 Å². The summed E-state index contributed by atoms with van der Waals surface area (Å²) in [6.07, 6.45) is 1.64. The van der Waals surface area contributed by atoms with Gasteiger partial charge in [-0.15, -0.1) is 0 Å². The van der Waals surface area contributed by atoms with Crippen LogP contribution in [-0.4, -0.2) is 11.9 Å². The Kier molecular flexibility index (Phi) is 2.76. The zero-order valence-corrected chi connectivity index (χ0v) is 9.29. The second-order valence-corrected chi connectivity index (χ2v) is 4.30. The molecular weight excluding hydrogens is 186 g/mol. The molecule has 1 aliphatic rings. The van der Waals surface area contributed by atoms with Gasteiger partial charge in [0.15, 0.2) is 0 Å². The molecule has 0 aliphatic carbocycles. The molecule has 15 heavy (non-hydrogen) atoms. The first-order valence-electron chi connectivity index (χ1n) is 5.56. The van der Waals surface area contributed by atoms with Crippen molar-refractivity contribution in [2.45, 2.75) is 38.6 Å². The second kappa shape index (κ2) is 4.05. The third kappa shape index (κ3) is 2.04. The second-order valence-electron chi connectivity index (χ2n) is 4.30. The molecule has 0 saturated carbocycles. The molecule has 0 bridgehead atoms. The molecule has 1 N–H and O–H groups in total. The van der Waals surface area contributed by atoms with Crippen molar-refractivity contribution in [2.75, 3.05) is 0 Å². The van der Waals surface area contributed by atoms with E-state index < -0.39 is 0 Å². The van der Waals surface area contributed by atoms with Gasteiger partial charge in [-0.05, 0) is 18.9 Å². The third-order valence-electron chi connectivity index (χ3n) is 3.18. The number of benzene rings is 1. The minimum atomic E-state index is 0.187. The summed E-state index contributed by atoms with van der Waals surface area (Å²) >= 11 is 0. The summed E-state index contributed by atoms with van der Waals surface area (Å²) in [6.45, 7) is 4.20. The first-order chi connectivity index (χ1) is 7.20. The molecule has 0 aromatic heterocycles. The number of nitrogens with one attached hydrogen (secondary N) is 1. The highest BCUT2D eigenvalue weighted by molar-refractivity contribution is 5.80. The topological polar surface area (TPSA) is 29.1 Å². The van der Waals surface area contributed by atoms with Gasteiger partial charge in [0.05, 0.1) is 0 Å². The van der Waals surface area contributed by atoms with Crippen LogP contribution < -0.4 is 5.32 Å². The molecule has 80 valence electrons. The van der Waals surface area contributed by atoms with Crippen LogP contribution in [-0.2, 0) is 4.79 Å². The summed E-state index contributed by atoms with van der Waals surface area (Å²) in [5.41, 5.74) is 2.55. The van der Waals surface area contributed by atoms with E-state index in [4.69, 9.17) is 0 Å². The van der Waals surface area contributed by atoms with Crippen LogP contribution in [0, 0.1) is 6.92 Å². The summed E-state index contributed by atoms with van der Waals surface area (Å²) < 4.78 is 0. The molecule has 1 fully saturated rings. The van der Waals surface area contributed by atoms with E-state index in [1.807, 2.05) is 0 Å². The largest absolute Gasteiger partial charge is 0.353 e. The average molecular weight is 203 g/mol. The minimum absolute atomic E-state index is 0.187. The van der Waals surface area contributed by atoms with E-state index in [1.54, 1.807) is 0 Å². The van der Waals surface area contributed by atoms with Crippen LogP contribution in [0.1, 0.15) is 36.8 Å². The van der Waals surface area contributed by atoms with E-state index >= 15 is 0 Å². The van der Waals surface area contributed by atoms with E-state index in [-0.39, 0.29) is 5.91 Å². The lowest BCUT2D eigenvalue weighted by molar-refractivity contribution is -0.119. The van der Waals surface area contributed by atoms with E-state index in [1.165, 1.54) is 11.1 Å². The van der Waals surface area contributed by atoms with Crippen molar-refractivity contribution >= 4 is 5.91 Å². The van der Waals surface area contributed by atoms with Crippen molar-refractivity contribution in [1.82, 2.24) is 5.32 Å². The lowest BCUT2D eigenvalue weighted by Crippen LogP contribution is -2.27. The van der Waals surface area contributed by atoms with Crippen molar-refractivity contribution in [3.05, 3.63) is 35.4 Å². The fourth-order valence-electron chi connectivity index (χ4n) is 2.26. The maximum absolute atomic E-state index is 11.4. The lowest BCUT2D eigenvalue weighted by atomic mass is 9.90. The number of hydrogen-bond donors (Lipinski definition) is 1. The van der Waals surface area contributed by atoms with Crippen molar-refractivity contribution in [3.8, 4) is 0 Å². The van der Waals surface area contributed by atoms with Gasteiger partial charge in [0, 0.05) is 18.4 Å². The highest BCUT2D eigenvalue weighted by Gasteiger charge is 2.31. The first-order valence-corrected chi connectivity index (χ1v) is 5.56. The number of hydrogen-bond acceptors (Lipinski definition) is 1. The smallest absolute Gasteiger partial charge is 0.220 e. The van der Waals surface area contributed by atoms with Gasteiger partial charge in [0.2, 0.25) is 5.91 Å². The minimum Gasteiger partial charge on any atom is -0.353 e. The molecule has 1 amide bonds. The van der Waals surface area contributed by atoms with Gasteiger partial charge in [-0.25, -0.2) is 0 Å². The van der Waals surface area contributed by atoms with Crippen LogP contribution in [0.5, 0.6) is 0 Å². The molecule has 1 aromatic rings. The molecule has 1 saturated heterocycles. The summed E-state index contributed by atoms with van der Waals surface area (Å²) in [5.74, 6) is 0.551. The Balaban J connectivity index is 2.22. The first kappa shape index (κ1) is 10.2. The number of amides is 1. The van der Waals surface area contributed by atoms with Crippen LogP contribution in [0.4, 0.5) is 0 Å². The molecule has 1 aromatic carbocycles. The van der Waals surface area contributed by atoms with Crippen molar-refractivity contribution in [1.29, 1.82) is 0 Å². The number of carbonyl (C=O) groups is 1. The maximum atomic E-state index is 11.4. The molecule has 2 heteroatoms. The van der Waals surface area contributed by atoms with Gasteiger partial charge < -0.3 is 5.32 Å². The normalized spacial score (nSPS) is 25.3. The molecule has 2 unspecified atom stereocenters. The SMILES string of the molecule is CCC1NC(=O)CC1c1ccc(C)cc1. The summed E-state index contributed by atoms with van der Waals surface area (Å²) in [5, 5.41) is 3.03. The van der Waals surface area contributed by atoms with E-state index in [0.29, 0.717) is 18.4 Å². The van der Waals surface area contributed by atoms with Gasteiger partial charge in [0.25, 0.3) is 0 Å². The fraction of sp³-hybridized carbons (Fsp3) is 0.462. The Morgan fingerprint density at radius 2 is 2.00 bits per heavy atom. The van der Waals surface area contributed by atoms with E-state index in [2.05, 4.69) is 43.4 Å². The van der Waals surface area contributed by atoms with Gasteiger partial charge in [-0.3, -0.25) is 4.79 Å². The predicted molar refractivity (Wildman–Crippen MR) is 60.8 cm³/mol. The van der Waals surface area contributed by atoms with Crippen LogP contribution in [0.15, 0.2) is 24.3 Å².